The topological polar surface area (TPSA) is 67.9 Å². The molecule has 2 aromatic heterocycles. The second kappa shape index (κ2) is 6.29. The van der Waals surface area contributed by atoms with Crippen LogP contribution in [-0.2, 0) is 16.6 Å². The molecule has 0 saturated carbocycles. The summed E-state index contributed by atoms with van der Waals surface area (Å²) in [6.45, 7) is 3.79. The Labute approximate surface area is 141 Å². The number of pyridine rings is 1. The summed E-state index contributed by atoms with van der Waals surface area (Å²) >= 11 is 6.23. The SMILES string of the molecule is COc1ccc2nc([S@@](=O)Cc3ncc(C)c(Cl)c3C)[nH]c2c1. The van der Waals surface area contributed by atoms with Gasteiger partial charge in [0.2, 0.25) is 0 Å². The molecule has 1 atom stereocenters. The maximum atomic E-state index is 12.6. The molecule has 0 bridgehead atoms. The van der Waals surface area contributed by atoms with Crippen molar-refractivity contribution in [1.29, 1.82) is 0 Å². The molecule has 7 heteroatoms. The van der Waals surface area contributed by atoms with Crippen molar-refractivity contribution in [1.82, 2.24) is 15.0 Å². The number of aryl methyl sites for hydroxylation is 1. The van der Waals surface area contributed by atoms with Gasteiger partial charge in [0.25, 0.3) is 0 Å². The molecule has 3 rings (SSSR count). The second-order valence-corrected chi connectivity index (χ2v) is 6.99. The lowest BCUT2D eigenvalue weighted by Crippen LogP contribution is -2.03. The lowest BCUT2D eigenvalue weighted by Gasteiger charge is -2.07. The first-order valence-electron chi connectivity index (χ1n) is 7.02. The third-order valence-corrected chi connectivity index (χ3v) is 5.41. The minimum atomic E-state index is -1.33. The van der Waals surface area contributed by atoms with E-state index in [2.05, 4.69) is 15.0 Å². The van der Waals surface area contributed by atoms with Gasteiger partial charge in [0.1, 0.15) is 5.75 Å². The zero-order valence-corrected chi connectivity index (χ0v) is 14.6. The van der Waals surface area contributed by atoms with E-state index in [9.17, 15) is 4.21 Å². The van der Waals surface area contributed by atoms with Crippen LogP contribution in [0.2, 0.25) is 5.02 Å². The second-order valence-electron chi connectivity index (χ2n) is 5.24. The van der Waals surface area contributed by atoms with Crippen molar-refractivity contribution in [2.24, 2.45) is 0 Å². The Morgan fingerprint density at radius 1 is 1.35 bits per heavy atom. The van der Waals surface area contributed by atoms with Crippen LogP contribution in [0.1, 0.15) is 16.8 Å². The summed E-state index contributed by atoms with van der Waals surface area (Å²) in [5.41, 5.74) is 4.03. The van der Waals surface area contributed by atoms with Gasteiger partial charge in [0.15, 0.2) is 5.16 Å². The first kappa shape index (κ1) is 16.0. The van der Waals surface area contributed by atoms with Gasteiger partial charge in [-0.1, -0.05) is 11.6 Å². The van der Waals surface area contributed by atoms with Crippen LogP contribution in [0.4, 0.5) is 0 Å². The van der Waals surface area contributed by atoms with Crippen molar-refractivity contribution < 1.29 is 8.95 Å². The molecule has 0 aliphatic carbocycles. The van der Waals surface area contributed by atoms with Crippen molar-refractivity contribution in [3.05, 3.63) is 46.2 Å². The fourth-order valence-corrected chi connectivity index (χ4v) is 3.55. The summed E-state index contributed by atoms with van der Waals surface area (Å²) < 4.78 is 17.8. The number of hydrogen-bond donors (Lipinski definition) is 1. The molecule has 0 unspecified atom stereocenters. The number of ether oxygens (including phenoxy) is 1. The van der Waals surface area contributed by atoms with Crippen LogP contribution in [0, 0.1) is 13.8 Å². The van der Waals surface area contributed by atoms with Crippen molar-refractivity contribution in [3.8, 4) is 5.75 Å². The Morgan fingerprint density at radius 2 is 2.13 bits per heavy atom. The number of H-pyrrole nitrogens is 1. The molecule has 0 spiro atoms. The predicted octanol–water partition coefficient (Wildman–Crippen LogP) is 3.54. The Balaban J connectivity index is 1.90. The summed E-state index contributed by atoms with van der Waals surface area (Å²) in [5, 5.41) is 1.09. The van der Waals surface area contributed by atoms with Gasteiger partial charge >= 0.3 is 0 Å². The number of fused-ring (bicyclic) bond motifs is 1. The van der Waals surface area contributed by atoms with E-state index in [0.29, 0.717) is 10.2 Å². The van der Waals surface area contributed by atoms with Gasteiger partial charge < -0.3 is 9.72 Å². The average molecular weight is 350 g/mol. The number of hydrogen-bond acceptors (Lipinski definition) is 4. The summed E-state index contributed by atoms with van der Waals surface area (Å²) in [6, 6.07) is 5.48. The molecular weight excluding hydrogens is 334 g/mol. The van der Waals surface area contributed by atoms with Gasteiger partial charge in [0.05, 0.1) is 40.4 Å². The number of halogens is 1. The van der Waals surface area contributed by atoms with E-state index in [4.69, 9.17) is 16.3 Å². The maximum Gasteiger partial charge on any atom is 0.197 e. The highest BCUT2D eigenvalue weighted by Crippen LogP contribution is 2.24. The lowest BCUT2D eigenvalue weighted by atomic mass is 10.2. The number of aromatic amines is 1. The van der Waals surface area contributed by atoms with Gasteiger partial charge in [-0.25, -0.2) is 4.98 Å². The smallest absolute Gasteiger partial charge is 0.197 e. The first-order chi connectivity index (χ1) is 11.0. The monoisotopic (exact) mass is 349 g/mol. The summed E-state index contributed by atoms with van der Waals surface area (Å²) in [4.78, 5) is 11.8. The fraction of sp³-hybridized carbons (Fsp3) is 0.250. The first-order valence-corrected chi connectivity index (χ1v) is 8.72. The van der Waals surface area contributed by atoms with E-state index in [0.717, 1.165) is 33.6 Å². The Bertz CT molecular complexity index is 908. The van der Waals surface area contributed by atoms with Gasteiger partial charge in [-0.05, 0) is 37.1 Å². The third kappa shape index (κ3) is 3.09. The van der Waals surface area contributed by atoms with Gasteiger partial charge in [-0.2, -0.15) is 0 Å². The molecule has 0 saturated heterocycles. The molecular formula is C16H16ClN3O2S. The van der Waals surface area contributed by atoms with E-state index in [1.807, 2.05) is 32.0 Å². The molecule has 0 amide bonds. The molecule has 0 aliphatic rings. The number of rotatable bonds is 4. The number of nitrogens with zero attached hydrogens (tertiary/aromatic N) is 2. The zero-order chi connectivity index (χ0) is 16.6. The van der Waals surface area contributed by atoms with Crippen LogP contribution in [0.3, 0.4) is 0 Å². The standard InChI is InChI=1S/C16H16ClN3O2S/c1-9-7-18-14(10(2)15(9)17)8-23(21)16-19-12-5-4-11(22-3)6-13(12)20-16/h4-7H,8H2,1-3H3,(H,19,20)/t23-/m0/s1. The van der Waals surface area contributed by atoms with Crippen LogP contribution >= 0.6 is 11.6 Å². The van der Waals surface area contributed by atoms with E-state index in [1.165, 1.54) is 0 Å². The molecule has 1 N–H and O–H groups in total. The Morgan fingerprint density at radius 3 is 2.87 bits per heavy atom. The zero-order valence-electron chi connectivity index (χ0n) is 13.0. The van der Waals surface area contributed by atoms with Crippen LogP contribution in [0.25, 0.3) is 11.0 Å². The number of imidazole rings is 1. The minimum absolute atomic E-state index is 0.267. The van der Waals surface area contributed by atoms with Gasteiger partial charge in [0, 0.05) is 17.3 Å². The Kier molecular flexibility index (Phi) is 4.37. The lowest BCUT2D eigenvalue weighted by molar-refractivity contribution is 0.415. The van der Waals surface area contributed by atoms with E-state index in [1.54, 1.807) is 13.3 Å². The van der Waals surface area contributed by atoms with Crippen LogP contribution in [-0.4, -0.2) is 26.3 Å². The summed E-state index contributed by atoms with van der Waals surface area (Å²) in [6.07, 6.45) is 1.70. The molecule has 2 heterocycles. The number of aromatic nitrogens is 3. The highest BCUT2D eigenvalue weighted by Gasteiger charge is 2.15. The van der Waals surface area contributed by atoms with E-state index in [-0.39, 0.29) is 5.75 Å². The average Bonchev–Trinajstić information content (AvgIpc) is 2.98. The van der Waals surface area contributed by atoms with Gasteiger partial charge in [-0.3, -0.25) is 9.19 Å². The van der Waals surface area contributed by atoms with Crippen molar-refractivity contribution in [2.45, 2.75) is 24.8 Å². The molecule has 120 valence electrons. The number of benzene rings is 1. The van der Waals surface area contributed by atoms with Crippen LogP contribution < -0.4 is 4.74 Å². The highest BCUT2D eigenvalue weighted by atomic mass is 35.5. The van der Waals surface area contributed by atoms with Crippen molar-refractivity contribution >= 4 is 33.4 Å². The van der Waals surface area contributed by atoms with Crippen molar-refractivity contribution in [2.75, 3.05) is 7.11 Å². The highest BCUT2D eigenvalue weighted by molar-refractivity contribution is 7.84. The molecule has 0 aliphatic heterocycles. The molecule has 23 heavy (non-hydrogen) atoms. The minimum Gasteiger partial charge on any atom is -0.497 e. The summed E-state index contributed by atoms with van der Waals surface area (Å²) in [5.74, 6) is 0.990. The van der Waals surface area contributed by atoms with Gasteiger partial charge in [-0.15, -0.1) is 0 Å². The molecule has 1 aromatic carbocycles. The van der Waals surface area contributed by atoms with Crippen LogP contribution in [0.15, 0.2) is 29.6 Å². The Hall–Kier alpha value is -1.92. The normalized spacial score (nSPS) is 12.5. The molecule has 0 radical (unpaired) electrons. The fourth-order valence-electron chi connectivity index (χ4n) is 2.29. The van der Waals surface area contributed by atoms with E-state index >= 15 is 0 Å². The van der Waals surface area contributed by atoms with Crippen molar-refractivity contribution in [3.63, 3.8) is 0 Å². The number of methoxy groups -OCH3 is 1. The summed E-state index contributed by atoms with van der Waals surface area (Å²) in [7, 11) is 0.274. The molecule has 0 fully saturated rings. The number of nitrogens with one attached hydrogen (secondary N) is 1. The largest absolute Gasteiger partial charge is 0.497 e. The molecule has 5 nitrogen and oxygen atoms in total. The molecule has 3 aromatic rings. The maximum absolute atomic E-state index is 12.6. The quantitative estimate of drug-likeness (QED) is 0.782. The third-order valence-electron chi connectivity index (χ3n) is 3.67. The van der Waals surface area contributed by atoms with E-state index < -0.39 is 10.8 Å². The predicted molar refractivity (Wildman–Crippen MR) is 91.5 cm³/mol. The van der Waals surface area contributed by atoms with Crippen LogP contribution in [0.5, 0.6) is 5.75 Å².